The molecule has 6 N–H and O–H groups in total. The number of aliphatic hydroxyl groups is 6. The smallest absolute Gasteiger partial charge is 0.305 e. The van der Waals surface area contributed by atoms with E-state index in [2.05, 4.69) is 4.74 Å². The largest absolute Gasteiger partial charge is 0.829 e. The van der Waals surface area contributed by atoms with Crippen LogP contribution >= 0.6 is 0 Å². The third kappa shape index (κ3) is 8.54. The van der Waals surface area contributed by atoms with Crippen LogP contribution < -0.4 is 5.11 Å². The van der Waals surface area contributed by atoms with Gasteiger partial charge < -0.3 is 59.4 Å². The lowest BCUT2D eigenvalue weighted by atomic mass is 9.97. The molecule has 0 amide bonds. The second kappa shape index (κ2) is 15.3. The molecule has 0 aromatic rings. The van der Waals surface area contributed by atoms with Gasteiger partial charge in [0.1, 0.15) is 42.7 Å². The Kier molecular flexibility index (Phi) is 13.2. The zero-order chi connectivity index (χ0) is 26.0. The number of carbonyl (C=O) groups excluding carboxylic acids is 1. The molecule has 2 rings (SSSR count). The molecule has 2 fully saturated rings. The van der Waals surface area contributed by atoms with Gasteiger partial charge in [-0.1, -0.05) is 25.7 Å². The minimum atomic E-state index is -1.82. The number of carbonyl (C=O) groups is 1. The molecule has 0 spiro atoms. The highest BCUT2D eigenvalue weighted by Gasteiger charge is 2.49. The third-order valence-corrected chi connectivity index (χ3v) is 6.25. The van der Waals surface area contributed by atoms with Crippen molar-refractivity contribution in [1.29, 1.82) is 0 Å². The Morgan fingerprint density at radius 1 is 0.800 bits per heavy atom. The monoisotopic (exact) mass is 511 g/mol. The summed E-state index contributed by atoms with van der Waals surface area (Å²) in [6.45, 7) is -1.19. The average Bonchev–Trinajstić information content (AvgIpc) is 2.85. The van der Waals surface area contributed by atoms with Gasteiger partial charge in [-0.25, -0.2) is 0 Å². The zero-order valence-corrected chi connectivity index (χ0v) is 19.9. The quantitative estimate of drug-likeness (QED) is 0.101. The second-order valence-electron chi connectivity index (χ2n) is 8.80. The van der Waals surface area contributed by atoms with Crippen LogP contribution in [0.5, 0.6) is 0 Å². The first-order valence-electron chi connectivity index (χ1n) is 12.0. The van der Waals surface area contributed by atoms with Crippen molar-refractivity contribution < 1.29 is 64.2 Å². The lowest BCUT2D eigenvalue weighted by molar-refractivity contribution is -0.538. The van der Waals surface area contributed by atoms with Crippen molar-refractivity contribution in [1.82, 2.24) is 0 Å². The number of hydrogen-bond donors (Lipinski definition) is 6. The molecule has 35 heavy (non-hydrogen) atoms. The Morgan fingerprint density at radius 2 is 1.40 bits per heavy atom. The van der Waals surface area contributed by atoms with Gasteiger partial charge in [-0.05, 0) is 12.8 Å². The number of rotatable bonds is 14. The summed E-state index contributed by atoms with van der Waals surface area (Å²) in [5.41, 5.74) is 0. The third-order valence-electron chi connectivity index (χ3n) is 6.25. The van der Waals surface area contributed by atoms with E-state index in [0.717, 1.165) is 32.1 Å². The van der Waals surface area contributed by atoms with Gasteiger partial charge in [0.25, 0.3) is 0 Å². The predicted octanol–water partition coefficient (Wildman–Crippen LogP) is -3.10. The molecule has 2 saturated heterocycles. The summed E-state index contributed by atoms with van der Waals surface area (Å²) in [6, 6.07) is 0. The van der Waals surface area contributed by atoms with E-state index in [9.17, 15) is 40.5 Å². The molecule has 0 radical (unpaired) electrons. The van der Waals surface area contributed by atoms with Crippen LogP contribution in [0.2, 0.25) is 0 Å². The van der Waals surface area contributed by atoms with Gasteiger partial charge in [-0.2, -0.15) is 0 Å². The van der Waals surface area contributed by atoms with Gasteiger partial charge in [0.2, 0.25) is 0 Å². The van der Waals surface area contributed by atoms with Crippen molar-refractivity contribution in [3.8, 4) is 0 Å². The molecule has 13 nitrogen and oxygen atoms in total. The summed E-state index contributed by atoms with van der Waals surface area (Å²) in [5.74, 6) is -0.230. The van der Waals surface area contributed by atoms with Crippen LogP contribution in [0, 0.1) is 0 Å². The number of esters is 1. The fraction of sp³-hybridized carbons (Fsp3) is 0.955. The van der Waals surface area contributed by atoms with Gasteiger partial charge >= 0.3 is 5.97 Å². The van der Waals surface area contributed by atoms with Crippen LogP contribution in [0.25, 0.3) is 0 Å². The van der Waals surface area contributed by atoms with Gasteiger partial charge in [0.15, 0.2) is 6.29 Å². The molecule has 206 valence electrons. The van der Waals surface area contributed by atoms with Gasteiger partial charge in [0.05, 0.1) is 26.4 Å². The van der Waals surface area contributed by atoms with Crippen molar-refractivity contribution in [2.75, 3.05) is 26.9 Å². The van der Waals surface area contributed by atoms with E-state index in [4.69, 9.17) is 18.9 Å². The van der Waals surface area contributed by atoms with E-state index < -0.39 is 74.6 Å². The first-order chi connectivity index (χ1) is 16.7. The Morgan fingerprint density at radius 3 is 2.03 bits per heavy atom. The normalized spacial score (nSPS) is 37.8. The molecule has 0 aromatic heterocycles. The van der Waals surface area contributed by atoms with E-state index in [-0.39, 0.29) is 12.6 Å². The Hall–Kier alpha value is -0.970. The zero-order valence-electron chi connectivity index (χ0n) is 19.9. The highest BCUT2D eigenvalue weighted by Crippen LogP contribution is 2.29. The Labute approximate surface area is 204 Å². The van der Waals surface area contributed by atoms with Gasteiger partial charge in [-0.3, -0.25) is 4.79 Å². The lowest BCUT2D eigenvalue weighted by Gasteiger charge is -2.49. The summed E-state index contributed by atoms with van der Waals surface area (Å²) < 4.78 is 26.3. The molecule has 10 atom stereocenters. The van der Waals surface area contributed by atoms with E-state index in [1.165, 1.54) is 7.11 Å². The van der Waals surface area contributed by atoms with Crippen molar-refractivity contribution in [2.45, 2.75) is 106 Å². The highest BCUT2D eigenvalue weighted by molar-refractivity contribution is 5.68. The molecule has 0 unspecified atom stereocenters. The molecule has 0 aliphatic carbocycles. The Bertz CT molecular complexity index is 606. The summed E-state index contributed by atoms with van der Waals surface area (Å²) in [4.78, 5) is 11.1. The standard InChI is InChI=1S/C22H39O13/c1-31-14(25)8-6-4-2-3-5-7-9-32-20-19(16(27)13(11-24)33-21(20)30)35-22-18(29)17(28)15(26)12(10-23)34-22/h12-13,15-24,26-29H,2-11H2,1H3/q-1/t12-,13-,15-,16-,17+,18-,19+,20+,21+,22-/m1/s1. The molecule has 13 heteroatoms. The molecule has 0 aromatic carbocycles. The molecule has 2 aliphatic heterocycles. The molecular weight excluding hydrogens is 472 g/mol. The SMILES string of the molecule is COC(=O)CCCCCCCCO[C@H]1[C@@H](O[C@H]2O[C@H](CO)[C@@H](O)[C@H](O)[C@H]2O)[C@H](O)[C@@H](CO)O[C@@H]1[O-]. The van der Waals surface area contributed by atoms with Crippen LogP contribution in [-0.4, -0.2) is 125 Å². The van der Waals surface area contributed by atoms with Gasteiger partial charge in [-0.15, -0.1) is 0 Å². The number of hydrogen-bond acceptors (Lipinski definition) is 13. The minimum absolute atomic E-state index is 0.153. The van der Waals surface area contributed by atoms with Crippen LogP contribution in [0.1, 0.15) is 44.9 Å². The van der Waals surface area contributed by atoms with Crippen LogP contribution in [0.15, 0.2) is 0 Å². The number of unbranched alkanes of at least 4 members (excludes halogenated alkanes) is 5. The van der Waals surface area contributed by atoms with Crippen LogP contribution in [0.4, 0.5) is 0 Å². The van der Waals surface area contributed by atoms with Crippen LogP contribution in [0.3, 0.4) is 0 Å². The maximum absolute atomic E-state index is 12.6. The molecule has 2 heterocycles. The van der Waals surface area contributed by atoms with E-state index >= 15 is 0 Å². The van der Waals surface area contributed by atoms with Crippen molar-refractivity contribution in [2.24, 2.45) is 0 Å². The summed E-state index contributed by atoms with van der Waals surface area (Å²) in [7, 11) is 1.36. The maximum atomic E-state index is 12.6. The molecule has 2 aliphatic rings. The maximum Gasteiger partial charge on any atom is 0.305 e. The minimum Gasteiger partial charge on any atom is -0.829 e. The van der Waals surface area contributed by atoms with Crippen molar-refractivity contribution >= 4 is 5.97 Å². The highest BCUT2D eigenvalue weighted by atomic mass is 16.7. The second-order valence-corrected chi connectivity index (χ2v) is 8.80. The van der Waals surface area contributed by atoms with Crippen LogP contribution in [-0.2, 0) is 28.5 Å². The first kappa shape index (κ1) is 30.3. The van der Waals surface area contributed by atoms with Gasteiger partial charge in [0, 0.05) is 19.3 Å². The van der Waals surface area contributed by atoms with E-state index in [1.54, 1.807) is 0 Å². The lowest BCUT2D eigenvalue weighted by Crippen LogP contribution is -2.67. The molecule has 0 saturated carbocycles. The summed E-state index contributed by atoms with van der Waals surface area (Å²) in [6.07, 6.45) is -9.92. The fourth-order valence-electron chi connectivity index (χ4n) is 4.11. The number of methoxy groups -OCH3 is 1. The topological polar surface area (TPSA) is 208 Å². The predicted molar refractivity (Wildman–Crippen MR) is 114 cm³/mol. The molecular formula is C22H39O13-. The first-order valence-corrected chi connectivity index (χ1v) is 12.0. The Balaban J connectivity index is 1.88. The molecule has 0 bridgehead atoms. The average molecular weight is 512 g/mol. The van der Waals surface area contributed by atoms with Crippen molar-refractivity contribution in [3.63, 3.8) is 0 Å². The van der Waals surface area contributed by atoms with E-state index in [1.807, 2.05) is 0 Å². The summed E-state index contributed by atoms with van der Waals surface area (Å²) in [5, 5.41) is 72.1. The number of aliphatic hydroxyl groups excluding tert-OH is 6. The fourth-order valence-corrected chi connectivity index (χ4v) is 4.11. The number of ether oxygens (including phenoxy) is 5. The summed E-state index contributed by atoms with van der Waals surface area (Å²) >= 11 is 0. The van der Waals surface area contributed by atoms with Crippen molar-refractivity contribution in [3.05, 3.63) is 0 Å². The van der Waals surface area contributed by atoms with E-state index in [0.29, 0.717) is 12.8 Å².